The SMILES string of the molecule is CCCCCC(Sc1ccc(C)cc1)C1Oc2ccc(Br)cc2O1. The zero-order chi connectivity index (χ0) is 16.9. The molecule has 0 saturated heterocycles. The highest BCUT2D eigenvalue weighted by Gasteiger charge is 2.32. The van der Waals surface area contributed by atoms with E-state index in [1.807, 2.05) is 30.0 Å². The zero-order valence-electron chi connectivity index (χ0n) is 14.1. The van der Waals surface area contributed by atoms with Crippen LogP contribution >= 0.6 is 27.7 Å². The molecule has 0 N–H and O–H groups in total. The summed E-state index contributed by atoms with van der Waals surface area (Å²) >= 11 is 5.35. The predicted molar refractivity (Wildman–Crippen MR) is 104 cm³/mol. The lowest BCUT2D eigenvalue weighted by molar-refractivity contribution is 0.0452. The van der Waals surface area contributed by atoms with Crippen molar-refractivity contribution in [3.63, 3.8) is 0 Å². The maximum atomic E-state index is 6.10. The summed E-state index contributed by atoms with van der Waals surface area (Å²) in [5, 5.41) is 0.283. The van der Waals surface area contributed by atoms with Gasteiger partial charge in [0.05, 0.1) is 5.25 Å². The lowest BCUT2D eigenvalue weighted by Gasteiger charge is -2.22. The summed E-state index contributed by atoms with van der Waals surface area (Å²) in [7, 11) is 0. The van der Waals surface area contributed by atoms with Crippen LogP contribution in [-0.2, 0) is 0 Å². The van der Waals surface area contributed by atoms with Crippen LogP contribution in [0.25, 0.3) is 0 Å². The number of ether oxygens (including phenoxy) is 2. The van der Waals surface area contributed by atoms with Gasteiger partial charge in [0.1, 0.15) is 0 Å². The molecule has 4 heteroatoms. The molecule has 0 fully saturated rings. The first-order valence-corrected chi connectivity index (χ1v) is 10.2. The van der Waals surface area contributed by atoms with Crippen molar-refractivity contribution < 1.29 is 9.47 Å². The Morgan fingerprint density at radius 2 is 1.79 bits per heavy atom. The van der Waals surface area contributed by atoms with Crippen molar-refractivity contribution in [2.45, 2.75) is 56.0 Å². The van der Waals surface area contributed by atoms with Gasteiger partial charge in [-0.15, -0.1) is 11.8 Å². The van der Waals surface area contributed by atoms with E-state index in [0.717, 1.165) is 22.4 Å². The minimum Gasteiger partial charge on any atom is -0.450 e. The summed E-state index contributed by atoms with van der Waals surface area (Å²) in [4.78, 5) is 1.27. The standard InChI is InChI=1S/C20H23BrO2S/c1-3-4-5-6-19(24-16-10-7-14(2)8-11-16)20-22-17-12-9-15(21)13-18(17)23-20/h7-13,19-20H,3-6H2,1-2H3. The summed E-state index contributed by atoms with van der Waals surface area (Å²) in [6.45, 7) is 4.35. The van der Waals surface area contributed by atoms with Crippen LogP contribution in [0.3, 0.4) is 0 Å². The van der Waals surface area contributed by atoms with Crippen LogP contribution in [0.2, 0.25) is 0 Å². The van der Waals surface area contributed by atoms with Crippen LogP contribution in [-0.4, -0.2) is 11.5 Å². The molecule has 0 bridgehead atoms. The zero-order valence-corrected chi connectivity index (χ0v) is 16.5. The van der Waals surface area contributed by atoms with Crippen molar-refractivity contribution in [1.82, 2.24) is 0 Å². The minimum atomic E-state index is -0.225. The van der Waals surface area contributed by atoms with Gasteiger partial charge in [-0.2, -0.15) is 0 Å². The highest BCUT2D eigenvalue weighted by Crippen LogP contribution is 2.41. The van der Waals surface area contributed by atoms with Gasteiger partial charge in [-0.05, 0) is 43.7 Å². The predicted octanol–water partition coefficient (Wildman–Crippen LogP) is 6.60. The Labute approximate surface area is 157 Å². The van der Waals surface area contributed by atoms with Crippen molar-refractivity contribution >= 4 is 27.7 Å². The summed E-state index contributed by atoms with van der Waals surface area (Å²) < 4.78 is 13.2. The normalized spacial score (nSPS) is 17.0. The van der Waals surface area contributed by atoms with Crippen molar-refractivity contribution in [3.05, 3.63) is 52.5 Å². The average Bonchev–Trinajstić information content (AvgIpc) is 2.99. The van der Waals surface area contributed by atoms with E-state index in [2.05, 4.69) is 54.0 Å². The monoisotopic (exact) mass is 406 g/mol. The number of fused-ring (bicyclic) bond motifs is 1. The molecule has 2 nitrogen and oxygen atoms in total. The second-order valence-corrected chi connectivity index (χ2v) is 8.39. The molecule has 0 saturated carbocycles. The molecular weight excluding hydrogens is 384 g/mol. The van der Waals surface area contributed by atoms with E-state index in [9.17, 15) is 0 Å². The van der Waals surface area contributed by atoms with Crippen LogP contribution in [0.4, 0.5) is 0 Å². The van der Waals surface area contributed by atoms with Gasteiger partial charge >= 0.3 is 0 Å². The molecule has 2 aromatic carbocycles. The van der Waals surface area contributed by atoms with E-state index < -0.39 is 0 Å². The Kier molecular flexibility index (Phi) is 6.12. The van der Waals surface area contributed by atoms with Gasteiger partial charge in [0.2, 0.25) is 0 Å². The third-order valence-corrected chi connectivity index (χ3v) is 5.89. The molecule has 128 valence electrons. The smallest absolute Gasteiger partial charge is 0.253 e. The fourth-order valence-corrected chi connectivity index (χ4v) is 4.22. The summed E-state index contributed by atoms with van der Waals surface area (Å²) in [6, 6.07) is 14.6. The number of benzene rings is 2. The molecule has 0 radical (unpaired) electrons. The first-order chi connectivity index (χ1) is 11.7. The number of hydrogen-bond acceptors (Lipinski definition) is 3. The van der Waals surface area contributed by atoms with E-state index in [1.54, 1.807) is 0 Å². The van der Waals surface area contributed by atoms with E-state index >= 15 is 0 Å². The Bertz CT molecular complexity index is 672. The van der Waals surface area contributed by atoms with Crippen LogP contribution in [0.5, 0.6) is 11.5 Å². The number of hydrogen-bond donors (Lipinski definition) is 0. The van der Waals surface area contributed by atoms with Gasteiger partial charge in [0, 0.05) is 9.37 Å². The van der Waals surface area contributed by atoms with E-state index in [4.69, 9.17) is 9.47 Å². The molecule has 0 amide bonds. The maximum Gasteiger partial charge on any atom is 0.253 e. The molecule has 0 aliphatic carbocycles. The van der Waals surface area contributed by atoms with Crippen molar-refractivity contribution in [3.8, 4) is 11.5 Å². The van der Waals surface area contributed by atoms with Gasteiger partial charge in [-0.1, -0.05) is 59.8 Å². The molecule has 0 spiro atoms. The van der Waals surface area contributed by atoms with Gasteiger partial charge in [-0.3, -0.25) is 0 Å². The molecule has 1 heterocycles. The fraction of sp³-hybridized carbons (Fsp3) is 0.400. The fourth-order valence-electron chi connectivity index (χ4n) is 2.74. The number of rotatable bonds is 7. The minimum absolute atomic E-state index is 0.225. The Morgan fingerprint density at radius 3 is 2.54 bits per heavy atom. The summed E-state index contributed by atoms with van der Waals surface area (Å²) in [5.74, 6) is 1.67. The summed E-state index contributed by atoms with van der Waals surface area (Å²) in [6.07, 6.45) is 4.53. The maximum absolute atomic E-state index is 6.10. The van der Waals surface area contributed by atoms with Crippen LogP contribution in [0.15, 0.2) is 51.8 Å². The van der Waals surface area contributed by atoms with Crippen LogP contribution in [0.1, 0.15) is 38.2 Å². The van der Waals surface area contributed by atoms with Gasteiger partial charge in [0.25, 0.3) is 6.29 Å². The van der Waals surface area contributed by atoms with E-state index in [1.165, 1.54) is 29.7 Å². The number of halogens is 1. The second kappa shape index (κ2) is 8.30. The average molecular weight is 407 g/mol. The lowest BCUT2D eigenvalue weighted by atomic mass is 10.1. The molecule has 2 aromatic rings. The van der Waals surface area contributed by atoms with Crippen molar-refractivity contribution in [2.75, 3.05) is 0 Å². The lowest BCUT2D eigenvalue weighted by Crippen LogP contribution is -2.31. The van der Waals surface area contributed by atoms with Crippen molar-refractivity contribution in [1.29, 1.82) is 0 Å². The summed E-state index contributed by atoms with van der Waals surface area (Å²) in [5.41, 5.74) is 1.28. The Balaban J connectivity index is 1.71. The Morgan fingerprint density at radius 1 is 1.04 bits per heavy atom. The first kappa shape index (κ1) is 17.7. The first-order valence-electron chi connectivity index (χ1n) is 8.52. The molecule has 0 aromatic heterocycles. The van der Waals surface area contributed by atoms with E-state index in [0.29, 0.717) is 0 Å². The number of unbranched alkanes of at least 4 members (excludes halogenated alkanes) is 2. The van der Waals surface area contributed by atoms with Crippen LogP contribution in [0, 0.1) is 6.92 Å². The molecule has 3 rings (SSSR count). The highest BCUT2D eigenvalue weighted by atomic mass is 79.9. The molecule has 24 heavy (non-hydrogen) atoms. The topological polar surface area (TPSA) is 18.5 Å². The second-order valence-electron chi connectivity index (χ2n) is 6.16. The van der Waals surface area contributed by atoms with Crippen molar-refractivity contribution in [2.24, 2.45) is 0 Å². The van der Waals surface area contributed by atoms with Gasteiger partial charge in [0.15, 0.2) is 11.5 Å². The molecule has 2 atom stereocenters. The van der Waals surface area contributed by atoms with Crippen LogP contribution < -0.4 is 9.47 Å². The van der Waals surface area contributed by atoms with E-state index in [-0.39, 0.29) is 11.5 Å². The molecule has 2 unspecified atom stereocenters. The van der Waals surface area contributed by atoms with Gasteiger partial charge < -0.3 is 9.47 Å². The quantitative estimate of drug-likeness (QED) is 0.381. The molecular formula is C20H23BrO2S. The number of thioether (sulfide) groups is 1. The molecule has 1 aliphatic rings. The highest BCUT2D eigenvalue weighted by molar-refractivity contribution is 9.10. The molecule has 1 aliphatic heterocycles. The third kappa shape index (κ3) is 4.48. The Hall–Kier alpha value is -1.13. The largest absolute Gasteiger partial charge is 0.450 e. The van der Waals surface area contributed by atoms with Gasteiger partial charge in [-0.25, -0.2) is 0 Å². The third-order valence-electron chi connectivity index (χ3n) is 4.10. The number of aryl methyl sites for hydroxylation is 1.